The SMILES string of the molecule is O=C(NCC(O)CN1CCOCC1)c1ncccc1NCC1CCC1. The molecular formula is C18H28N4O3. The van der Waals surface area contributed by atoms with Gasteiger partial charge in [-0.2, -0.15) is 0 Å². The van der Waals surface area contributed by atoms with Crippen LogP contribution in [0, 0.1) is 5.92 Å². The summed E-state index contributed by atoms with van der Waals surface area (Å²) in [4.78, 5) is 18.8. The first-order valence-electron chi connectivity index (χ1n) is 9.17. The minimum absolute atomic E-state index is 0.217. The predicted molar refractivity (Wildman–Crippen MR) is 95.7 cm³/mol. The smallest absolute Gasteiger partial charge is 0.272 e. The number of ether oxygens (including phenoxy) is 1. The van der Waals surface area contributed by atoms with E-state index >= 15 is 0 Å². The Morgan fingerprint density at radius 2 is 2.20 bits per heavy atom. The molecular weight excluding hydrogens is 320 g/mol. The van der Waals surface area contributed by atoms with E-state index in [0.29, 0.717) is 31.4 Å². The van der Waals surface area contributed by atoms with Gasteiger partial charge in [0.1, 0.15) is 0 Å². The third-order valence-corrected chi connectivity index (χ3v) is 4.90. The molecule has 2 aliphatic rings. The highest BCUT2D eigenvalue weighted by Gasteiger charge is 2.20. The van der Waals surface area contributed by atoms with Crippen molar-refractivity contribution in [3.05, 3.63) is 24.0 Å². The summed E-state index contributed by atoms with van der Waals surface area (Å²) in [6.45, 7) is 4.67. The number of rotatable bonds is 8. The quantitative estimate of drug-likeness (QED) is 0.642. The molecule has 3 rings (SSSR count). The molecule has 1 aliphatic heterocycles. The molecule has 25 heavy (non-hydrogen) atoms. The molecule has 7 nitrogen and oxygen atoms in total. The molecule has 138 valence electrons. The Balaban J connectivity index is 1.46. The molecule has 1 aromatic heterocycles. The van der Waals surface area contributed by atoms with Crippen LogP contribution < -0.4 is 10.6 Å². The number of amides is 1. The van der Waals surface area contributed by atoms with Crippen LogP contribution in [0.1, 0.15) is 29.8 Å². The number of hydrogen-bond acceptors (Lipinski definition) is 6. The number of nitrogens with zero attached hydrogens (tertiary/aromatic N) is 2. The number of carbonyl (C=O) groups excluding carboxylic acids is 1. The summed E-state index contributed by atoms with van der Waals surface area (Å²) in [5.41, 5.74) is 1.15. The van der Waals surface area contributed by atoms with Gasteiger partial charge in [-0.3, -0.25) is 9.69 Å². The molecule has 2 heterocycles. The summed E-state index contributed by atoms with van der Waals surface area (Å²) >= 11 is 0. The van der Waals surface area contributed by atoms with Crippen LogP contribution in [-0.4, -0.2) is 72.9 Å². The van der Waals surface area contributed by atoms with Crippen LogP contribution in [0.4, 0.5) is 5.69 Å². The molecule has 1 saturated heterocycles. The first-order chi connectivity index (χ1) is 12.2. The van der Waals surface area contributed by atoms with E-state index in [1.165, 1.54) is 19.3 Å². The Hall–Kier alpha value is -1.70. The molecule has 0 aromatic carbocycles. The summed E-state index contributed by atoms with van der Waals surface area (Å²) in [6.07, 6.45) is 4.82. The number of morpholine rings is 1. The van der Waals surface area contributed by atoms with Crippen LogP contribution in [0.15, 0.2) is 18.3 Å². The Morgan fingerprint density at radius 1 is 1.40 bits per heavy atom. The third-order valence-electron chi connectivity index (χ3n) is 4.90. The van der Waals surface area contributed by atoms with Gasteiger partial charge in [0.2, 0.25) is 0 Å². The summed E-state index contributed by atoms with van der Waals surface area (Å²) in [7, 11) is 0. The number of carbonyl (C=O) groups is 1. The second-order valence-electron chi connectivity index (χ2n) is 6.85. The van der Waals surface area contributed by atoms with Gasteiger partial charge in [-0.05, 0) is 30.9 Å². The van der Waals surface area contributed by atoms with E-state index in [4.69, 9.17) is 4.74 Å². The number of β-amino-alcohol motifs (C(OH)–C–C–N with tert-alkyl or cyclic N) is 1. The maximum Gasteiger partial charge on any atom is 0.272 e. The van der Waals surface area contributed by atoms with Crippen molar-refractivity contribution in [2.75, 3.05) is 51.3 Å². The van der Waals surface area contributed by atoms with E-state index in [2.05, 4.69) is 20.5 Å². The van der Waals surface area contributed by atoms with Crippen LogP contribution in [0.2, 0.25) is 0 Å². The van der Waals surface area contributed by atoms with Crippen molar-refractivity contribution in [2.24, 2.45) is 5.92 Å². The molecule has 0 bridgehead atoms. The Bertz CT molecular complexity index is 559. The van der Waals surface area contributed by atoms with Gasteiger partial charge >= 0.3 is 0 Å². The van der Waals surface area contributed by atoms with Crippen molar-refractivity contribution in [3.63, 3.8) is 0 Å². The molecule has 1 saturated carbocycles. The Labute approximate surface area is 148 Å². The number of aromatic nitrogens is 1. The van der Waals surface area contributed by atoms with Gasteiger partial charge in [-0.25, -0.2) is 4.98 Å². The van der Waals surface area contributed by atoms with Gasteiger partial charge in [0.25, 0.3) is 5.91 Å². The van der Waals surface area contributed by atoms with Crippen molar-refractivity contribution in [1.82, 2.24) is 15.2 Å². The van der Waals surface area contributed by atoms with Crippen LogP contribution >= 0.6 is 0 Å². The highest BCUT2D eigenvalue weighted by molar-refractivity contribution is 5.97. The number of anilines is 1. The third kappa shape index (κ3) is 5.39. The van der Waals surface area contributed by atoms with Crippen molar-refractivity contribution in [2.45, 2.75) is 25.4 Å². The van der Waals surface area contributed by atoms with Gasteiger partial charge in [0, 0.05) is 38.9 Å². The van der Waals surface area contributed by atoms with E-state index in [1.54, 1.807) is 6.20 Å². The molecule has 0 spiro atoms. The fourth-order valence-electron chi connectivity index (χ4n) is 3.12. The monoisotopic (exact) mass is 348 g/mol. The second kappa shape index (κ2) is 9.12. The van der Waals surface area contributed by atoms with E-state index in [1.807, 2.05) is 12.1 Å². The largest absolute Gasteiger partial charge is 0.390 e. The molecule has 7 heteroatoms. The van der Waals surface area contributed by atoms with Crippen molar-refractivity contribution in [3.8, 4) is 0 Å². The number of nitrogens with one attached hydrogen (secondary N) is 2. The summed E-state index contributed by atoms with van der Waals surface area (Å²) in [5, 5.41) is 16.3. The molecule has 1 amide bonds. The van der Waals surface area contributed by atoms with E-state index in [0.717, 1.165) is 25.3 Å². The van der Waals surface area contributed by atoms with Gasteiger partial charge in [-0.1, -0.05) is 6.42 Å². The lowest BCUT2D eigenvalue weighted by atomic mass is 9.85. The fraction of sp³-hybridized carbons (Fsp3) is 0.667. The molecule has 1 aliphatic carbocycles. The van der Waals surface area contributed by atoms with Crippen LogP contribution in [0.25, 0.3) is 0 Å². The predicted octanol–water partition coefficient (Wildman–Crippen LogP) is 0.716. The summed E-state index contributed by atoms with van der Waals surface area (Å²) in [6, 6.07) is 3.71. The van der Waals surface area contributed by atoms with Crippen molar-refractivity contribution >= 4 is 11.6 Å². The lowest BCUT2D eigenvalue weighted by Crippen LogP contribution is -2.44. The van der Waals surface area contributed by atoms with E-state index in [9.17, 15) is 9.90 Å². The highest BCUT2D eigenvalue weighted by atomic mass is 16.5. The zero-order chi connectivity index (χ0) is 17.5. The topological polar surface area (TPSA) is 86.7 Å². The second-order valence-corrected chi connectivity index (χ2v) is 6.85. The van der Waals surface area contributed by atoms with Gasteiger partial charge in [0.05, 0.1) is 25.0 Å². The van der Waals surface area contributed by atoms with Crippen molar-refractivity contribution in [1.29, 1.82) is 0 Å². The van der Waals surface area contributed by atoms with Crippen LogP contribution in [0.3, 0.4) is 0 Å². The summed E-state index contributed by atoms with van der Waals surface area (Å²) < 4.78 is 5.29. The minimum atomic E-state index is -0.600. The zero-order valence-electron chi connectivity index (χ0n) is 14.6. The first-order valence-corrected chi connectivity index (χ1v) is 9.17. The number of aliphatic hydroxyl groups is 1. The van der Waals surface area contributed by atoms with E-state index < -0.39 is 6.10 Å². The minimum Gasteiger partial charge on any atom is -0.390 e. The Kier molecular flexibility index (Phi) is 6.61. The van der Waals surface area contributed by atoms with Gasteiger partial charge < -0.3 is 20.5 Å². The lowest BCUT2D eigenvalue weighted by Gasteiger charge is -2.28. The van der Waals surface area contributed by atoms with E-state index in [-0.39, 0.29) is 12.5 Å². The van der Waals surface area contributed by atoms with Crippen LogP contribution in [0.5, 0.6) is 0 Å². The van der Waals surface area contributed by atoms with Gasteiger partial charge in [-0.15, -0.1) is 0 Å². The maximum absolute atomic E-state index is 12.4. The number of aliphatic hydroxyl groups excluding tert-OH is 1. The normalized spacial score (nSPS) is 19.9. The zero-order valence-corrected chi connectivity index (χ0v) is 14.6. The molecule has 1 unspecified atom stereocenters. The number of hydrogen-bond donors (Lipinski definition) is 3. The highest BCUT2D eigenvalue weighted by Crippen LogP contribution is 2.26. The maximum atomic E-state index is 12.4. The lowest BCUT2D eigenvalue weighted by molar-refractivity contribution is 0.0149. The summed E-state index contributed by atoms with van der Waals surface area (Å²) in [5.74, 6) is 0.448. The Morgan fingerprint density at radius 3 is 2.92 bits per heavy atom. The molecule has 3 N–H and O–H groups in total. The molecule has 0 radical (unpaired) electrons. The van der Waals surface area contributed by atoms with Crippen molar-refractivity contribution < 1.29 is 14.6 Å². The average molecular weight is 348 g/mol. The van der Waals surface area contributed by atoms with Crippen LogP contribution in [-0.2, 0) is 4.74 Å². The first kappa shape index (κ1) is 18.1. The average Bonchev–Trinajstić information content (AvgIpc) is 2.59. The standard InChI is InChI=1S/C18H28N4O3/c23-15(13-22-7-9-25-10-8-22)12-21-18(24)17-16(5-2-6-19-17)20-11-14-3-1-4-14/h2,5-6,14-15,20,23H,1,3-4,7-13H2,(H,21,24). The fourth-order valence-corrected chi connectivity index (χ4v) is 3.12. The van der Waals surface area contributed by atoms with Gasteiger partial charge in [0.15, 0.2) is 5.69 Å². The number of pyridine rings is 1. The molecule has 2 fully saturated rings. The molecule has 1 atom stereocenters. The molecule has 1 aromatic rings.